The van der Waals surface area contributed by atoms with Crippen LogP contribution >= 0.6 is 39.3 Å². The lowest BCUT2D eigenvalue weighted by Crippen LogP contribution is -2.06. The molecule has 19 heavy (non-hydrogen) atoms. The van der Waals surface area contributed by atoms with E-state index < -0.39 is 0 Å². The highest BCUT2D eigenvalue weighted by Gasteiger charge is 2.07. The van der Waals surface area contributed by atoms with Crippen LogP contribution in [0.4, 0.5) is 0 Å². The Balaban J connectivity index is 1.88. The predicted molar refractivity (Wildman–Crippen MR) is 82.8 cm³/mol. The summed E-state index contributed by atoms with van der Waals surface area (Å²) in [6, 6.07) is 11.3. The molecule has 0 aliphatic carbocycles. The molecular formula is C14H11BrClNOS. The first-order valence-electron chi connectivity index (χ1n) is 5.64. The van der Waals surface area contributed by atoms with Gasteiger partial charge in [0.2, 0.25) is 0 Å². The molecule has 2 aromatic rings. The van der Waals surface area contributed by atoms with Gasteiger partial charge in [0.1, 0.15) is 5.78 Å². The van der Waals surface area contributed by atoms with Crippen molar-refractivity contribution in [2.45, 2.75) is 11.3 Å². The Morgan fingerprint density at radius 2 is 2.05 bits per heavy atom. The minimum atomic E-state index is 0.139. The quantitative estimate of drug-likeness (QED) is 0.744. The first kappa shape index (κ1) is 14.6. The molecule has 0 atom stereocenters. The molecule has 0 radical (unpaired) electrons. The summed E-state index contributed by atoms with van der Waals surface area (Å²) in [5.41, 5.74) is 0.785. The predicted octanol–water partition coefficient (Wildman–Crippen LogP) is 4.40. The maximum Gasteiger partial charge on any atom is 0.149 e. The van der Waals surface area contributed by atoms with Crippen molar-refractivity contribution >= 4 is 45.1 Å². The fourth-order valence-corrected chi connectivity index (χ4v) is 2.82. The largest absolute Gasteiger partial charge is 0.298 e. The molecular weight excluding hydrogens is 346 g/mol. The summed E-state index contributed by atoms with van der Waals surface area (Å²) < 4.78 is 0.911. The van der Waals surface area contributed by atoms with Crippen LogP contribution in [0.1, 0.15) is 5.69 Å². The zero-order valence-electron chi connectivity index (χ0n) is 9.98. The van der Waals surface area contributed by atoms with Crippen molar-refractivity contribution in [3.05, 3.63) is 57.8 Å². The van der Waals surface area contributed by atoms with Crippen LogP contribution in [0, 0.1) is 0 Å². The second kappa shape index (κ2) is 7.08. The van der Waals surface area contributed by atoms with Crippen molar-refractivity contribution in [3.63, 3.8) is 0 Å². The summed E-state index contributed by atoms with van der Waals surface area (Å²) >= 11 is 10.8. The number of ketones is 1. The van der Waals surface area contributed by atoms with Gasteiger partial charge in [-0.2, -0.15) is 0 Å². The Hall–Kier alpha value is -0.840. The van der Waals surface area contributed by atoms with Gasteiger partial charge in [-0.15, -0.1) is 11.8 Å². The normalized spacial score (nSPS) is 10.4. The van der Waals surface area contributed by atoms with E-state index in [9.17, 15) is 4.79 Å². The number of nitrogens with zero attached hydrogens (tertiary/aromatic N) is 1. The number of hydrogen-bond acceptors (Lipinski definition) is 3. The highest BCUT2D eigenvalue weighted by atomic mass is 79.9. The van der Waals surface area contributed by atoms with Gasteiger partial charge in [-0.25, -0.2) is 0 Å². The van der Waals surface area contributed by atoms with Gasteiger partial charge in [-0.1, -0.05) is 23.7 Å². The van der Waals surface area contributed by atoms with Crippen LogP contribution in [-0.2, 0) is 11.2 Å². The van der Waals surface area contributed by atoms with E-state index in [1.807, 2.05) is 36.4 Å². The van der Waals surface area contributed by atoms with Crippen LogP contribution in [0.15, 0.2) is 52.0 Å². The molecule has 0 N–H and O–H groups in total. The lowest BCUT2D eigenvalue weighted by Gasteiger charge is -2.03. The number of rotatable bonds is 5. The smallest absolute Gasteiger partial charge is 0.149 e. The van der Waals surface area contributed by atoms with Gasteiger partial charge in [0.25, 0.3) is 0 Å². The van der Waals surface area contributed by atoms with Crippen LogP contribution in [0.25, 0.3) is 0 Å². The Labute approximate surface area is 129 Å². The average molecular weight is 357 g/mol. The number of thioether (sulfide) groups is 1. The monoisotopic (exact) mass is 355 g/mol. The van der Waals surface area contributed by atoms with Gasteiger partial charge in [0, 0.05) is 27.7 Å². The Morgan fingerprint density at radius 1 is 1.26 bits per heavy atom. The number of carbonyl (C=O) groups excluding carboxylic acids is 1. The summed E-state index contributed by atoms with van der Waals surface area (Å²) in [5, 5.41) is 0.682. The van der Waals surface area contributed by atoms with E-state index in [4.69, 9.17) is 11.6 Å². The van der Waals surface area contributed by atoms with Gasteiger partial charge in [0.05, 0.1) is 10.8 Å². The number of carbonyl (C=O) groups is 1. The van der Waals surface area contributed by atoms with E-state index >= 15 is 0 Å². The van der Waals surface area contributed by atoms with Gasteiger partial charge in [-0.3, -0.25) is 9.78 Å². The third kappa shape index (κ3) is 4.64. The lowest BCUT2D eigenvalue weighted by molar-refractivity contribution is -0.116. The van der Waals surface area contributed by atoms with Crippen LogP contribution in [-0.4, -0.2) is 16.5 Å². The third-order valence-corrected chi connectivity index (χ3v) is 4.44. The first-order valence-corrected chi connectivity index (χ1v) is 7.80. The van der Waals surface area contributed by atoms with Gasteiger partial charge in [-0.05, 0) is 40.2 Å². The van der Waals surface area contributed by atoms with E-state index in [0.717, 1.165) is 15.1 Å². The fourth-order valence-electron chi connectivity index (χ4n) is 1.48. The molecule has 0 aliphatic heterocycles. The Morgan fingerprint density at radius 3 is 2.74 bits per heavy atom. The Bertz CT molecular complexity index is 574. The molecule has 0 amide bonds. The van der Waals surface area contributed by atoms with Gasteiger partial charge in [0.15, 0.2) is 0 Å². The van der Waals surface area contributed by atoms with Gasteiger partial charge >= 0.3 is 0 Å². The van der Waals surface area contributed by atoms with E-state index in [0.29, 0.717) is 17.2 Å². The van der Waals surface area contributed by atoms with Crippen molar-refractivity contribution in [3.8, 4) is 0 Å². The molecule has 0 saturated carbocycles. The fraction of sp³-hybridized carbons (Fsp3) is 0.143. The zero-order valence-corrected chi connectivity index (χ0v) is 13.1. The standard InChI is InChI=1S/C14H11BrClNOS/c15-10-5-6-11(17-8-10)7-12(18)9-19-14-4-2-1-3-13(14)16/h1-6,8H,7,9H2. The molecule has 0 spiro atoms. The summed E-state index contributed by atoms with van der Waals surface area (Å²) in [6.07, 6.45) is 2.05. The number of halogens is 2. The molecule has 2 rings (SSSR count). The number of hydrogen-bond donors (Lipinski definition) is 0. The SMILES string of the molecule is O=C(CSc1ccccc1Cl)Cc1ccc(Br)cn1. The van der Waals surface area contributed by atoms with Crippen molar-refractivity contribution in [1.29, 1.82) is 0 Å². The molecule has 0 fully saturated rings. The second-order valence-electron chi connectivity index (χ2n) is 3.90. The maximum atomic E-state index is 11.9. The van der Waals surface area contributed by atoms with Gasteiger partial charge < -0.3 is 0 Å². The number of aromatic nitrogens is 1. The van der Waals surface area contributed by atoms with Crippen molar-refractivity contribution < 1.29 is 4.79 Å². The molecule has 1 heterocycles. The minimum absolute atomic E-state index is 0.139. The molecule has 5 heteroatoms. The average Bonchev–Trinajstić information content (AvgIpc) is 2.40. The highest BCUT2D eigenvalue weighted by Crippen LogP contribution is 2.26. The van der Waals surface area contributed by atoms with Crippen molar-refractivity contribution in [2.24, 2.45) is 0 Å². The van der Waals surface area contributed by atoms with E-state index in [1.54, 1.807) is 6.20 Å². The molecule has 2 nitrogen and oxygen atoms in total. The highest BCUT2D eigenvalue weighted by molar-refractivity contribution is 9.10. The van der Waals surface area contributed by atoms with Crippen LogP contribution in [0.5, 0.6) is 0 Å². The molecule has 0 bridgehead atoms. The van der Waals surface area contributed by atoms with Crippen LogP contribution in [0.3, 0.4) is 0 Å². The topological polar surface area (TPSA) is 30.0 Å². The number of pyridine rings is 1. The summed E-state index contributed by atoms with van der Waals surface area (Å²) in [4.78, 5) is 17.0. The molecule has 1 aromatic carbocycles. The molecule has 0 aliphatic rings. The van der Waals surface area contributed by atoms with Crippen LogP contribution < -0.4 is 0 Å². The maximum absolute atomic E-state index is 11.9. The zero-order chi connectivity index (χ0) is 13.7. The Kier molecular flexibility index (Phi) is 5.43. The first-order chi connectivity index (χ1) is 9.15. The molecule has 0 unspecified atom stereocenters. The van der Waals surface area contributed by atoms with E-state index in [1.165, 1.54) is 11.8 Å². The number of benzene rings is 1. The summed E-state index contributed by atoms with van der Waals surface area (Å²) in [5.74, 6) is 0.543. The number of Topliss-reactive ketones (excluding diaryl/α,β-unsaturated/α-hetero) is 1. The second-order valence-corrected chi connectivity index (χ2v) is 6.24. The van der Waals surface area contributed by atoms with Crippen molar-refractivity contribution in [2.75, 3.05) is 5.75 Å². The summed E-state index contributed by atoms with van der Waals surface area (Å²) in [6.45, 7) is 0. The third-order valence-electron chi connectivity index (χ3n) is 2.39. The lowest BCUT2D eigenvalue weighted by atomic mass is 10.2. The molecule has 1 aromatic heterocycles. The van der Waals surface area contributed by atoms with E-state index in [2.05, 4.69) is 20.9 Å². The van der Waals surface area contributed by atoms with Crippen LogP contribution in [0.2, 0.25) is 5.02 Å². The molecule has 0 saturated heterocycles. The van der Waals surface area contributed by atoms with E-state index in [-0.39, 0.29) is 5.78 Å². The minimum Gasteiger partial charge on any atom is -0.298 e. The molecule has 98 valence electrons. The van der Waals surface area contributed by atoms with Crippen molar-refractivity contribution in [1.82, 2.24) is 4.98 Å². The summed E-state index contributed by atoms with van der Waals surface area (Å²) in [7, 11) is 0.